The number of carbonyl (C=O) groups is 2. The molecule has 0 bridgehead atoms. The van der Waals surface area contributed by atoms with Crippen LogP contribution in [0.1, 0.15) is 16.8 Å². The summed E-state index contributed by atoms with van der Waals surface area (Å²) in [7, 11) is -0.0710. The van der Waals surface area contributed by atoms with Crippen molar-refractivity contribution in [3.63, 3.8) is 0 Å². The second-order valence-electron chi connectivity index (χ2n) is 5.26. The smallest absolute Gasteiger partial charge is 0.342 e. The average molecular weight is 467 g/mol. The zero-order chi connectivity index (χ0) is 22.7. The lowest BCUT2D eigenvalue weighted by molar-refractivity contribution is -0.789. The third-order valence-electron chi connectivity index (χ3n) is 3.01. The third-order valence-corrected chi connectivity index (χ3v) is 5.17. The summed E-state index contributed by atoms with van der Waals surface area (Å²) >= 11 is 0. The Bertz CT molecular complexity index is 820. The van der Waals surface area contributed by atoms with Crippen LogP contribution in [0, 0.1) is 20.2 Å². The molecule has 0 spiro atoms. The van der Waals surface area contributed by atoms with E-state index in [1.54, 1.807) is 0 Å². The van der Waals surface area contributed by atoms with Crippen molar-refractivity contribution in [3.8, 4) is 5.75 Å². The first-order valence-corrected chi connectivity index (χ1v) is 11.0. The van der Waals surface area contributed by atoms with Crippen molar-refractivity contribution in [2.45, 2.75) is 12.5 Å². The highest BCUT2D eigenvalue weighted by atomic mass is 33.1. The van der Waals surface area contributed by atoms with E-state index >= 15 is 0 Å². The molecule has 0 heterocycles. The van der Waals surface area contributed by atoms with Crippen molar-refractivity contribution in [1.29, 1.82) is 0 Å². The monoisotopic (exact) mass is 467 g/mol. The van der Waals surface area contributed by atoms with E-state index in [0.717, 1.165) is 10.8 Å². The van der Waals surface area contributed by atoms with Gasteiger partial charge in [-0.15, -0.1) is 20.2 Å². The van der Waals surface area contributed by atoms with Gasteiger partial charge in [-0.05, 0) is 18.2 Å². The van der Waals surface area contributed by atoms with Crippen LogP contribution in [-0.2, 0) is 29.0 Å². The lowest BCUT2D eigenvalue weighted by Crippen LogP contribution is -2.29. The van der Waals surface area contributed by atoms with Gasteiger partial charge in [-0.1, -0.05) is 10.8 Å². The summed E-state index contributed by atoms with van der Waals surface area (Å²) in [5.41, 5.74) is 5.60. The van der Waals surface area contributed by atoms with Gasteiger partial charge in [0.25, 0.3) is 10.2 Å². The van der Waals surface area contributed by atoms with Crippen LogP contribution >= 0.6 is 10.8 Å². The van der Waals surface area contributed by atoms with E-state index in [-0.39, 0.29) is 29.4 Å². The number of hydrogen-bond donors (Lipinski definition) is 1. The van der Waals surface area contributed by atoms with E-state index in [1.165, 1.54) is 24.5 Å². The van der Waals surface area contributed by atoms with Crippen LogP contribution in [0.4, 0.5) is 5.69 Å². The topological polar surface area (TPSA) is 200 Å². The van der Waals surface area contributed by atoms with Crippen molar-refractivity contribution in [1.82, 2.24) is 0 Å². The fourth-order valence-electron chi connectivity index (χ4n) is 1.90. The van der Waals surface area contributed by atoms with E-state index in [2.05, 4.69) is 9.68 Å². The van der Waals surface area contributed by atoms with Crippen molar-refractivity contribution < 1.29 is 43.1 Å². The highest BCUT2D eigenvalue weighted by molar-refractivity contribution is 8.68. The fourth-order valence-corrected chi connectivity index (χ4v) is 3.20. The number of benzene rings is 1. The number of nitrogens with two attached hydrogens (primary N) is 1. The normalized spacial score (nSPS) is 12.3. The van der Waals surface area contributed by atoms with Gasteiger partial charge >= 0.3 is 11.9 Å². The first-order valence-electron chi connectivity index (χ1n) is 7.91. The fraction of sp³-hybridized carbons (Fsp3) is 0.429. The van der Waals surface area contributed by atoms with E-state index in [0.29, 0.717) is 0 Å². The molecule has 0 aromatic heterocycles. The molecule has 0 saturated heterocycles. The summed E-state index contributed by atoms with van der Waals surface area (Å²) in [4.78, 5) is 53.1. The third kappa shape index (κ3) is 9.87. The number of nitrogen functional groups attached to an aromatic ring is 1. The molecule has 1 aromatic carbocycles. The maximum atomic E-state index is 12.2. The molecule has 0 amide bonds. The summed E-state index contributed by atoms with van der Waals surface area (Å²) in [5, 5.41) is 18.2. The molecule has 0 fully saturated rings. The summed E-state index contributed by atoms with van der Waals surface area (Å²) in [6.07, 6.45) is -0.935. The average Bonchev–Trinajstić information content (AvgIpc) is 2.63. The number of esters is 2. The van der Waals surface area contributed by atoms with Crippen LogP contribution in [0.25, 0.3) is 0 Å². The van der Waals surface area contributed by atoms with Crippen LogP contribution < -0.4 is 10.5 Å². The summed E-state index contributed by atoms with van der Waals surface area (Å²) < 4.78 is 21.0. The van der Waals surface area contributed by atoms with Gasteiger partial charge in [0.2, 0.25) is 0 Å². The van der Waals surface area contributed by atoms with Crippen LogP contribution in [0.2, 0.25) is 0 Å². The van der Waals surface area contributed by atoms with E-state index in [1.807, 2.05) is 0 Å². The molecule has 0 aliphatic carbocycles. The van der Waals surface area contributed by atoms with Crippen molar-refractivity contribution >= 4 is 38.3 Å². The van der Waals surface area contributed by atoms with Gasteiger partial charge in [0.15, 0.2) is 0 Å². The van der Waals surface area contributed by atoms with E-state index < -0.39 is 51.1 Å². The Morgan fingerprint density at radius 1 is 1.27 bits per heavy atom. The first-order chi connectivity index (χ1) is 14.1. The molecule has 2 N–H and O–H groups in total. The summed E-state index contributed by atoms with van der Waals surface area (Å²) in [6.45, 7) is -0.960. The predicted molar refractivity (Wildman–Crippen MR) is 103 cm³/mol. The van der Waals surface area contributed by atoms with E-state index in [4.69, 9.17) is 15.2 Å². The van der Waals surface area contributed by atoms with E-state index in [9.17, 15) is 34.0 Å². The van der Waals surface area contributed by atoms with Gasteiger partial charge in [-0.2, -0.15) is 0 Å². The van der Waals surface area contributed by atoms with Crippen LogP contribution in [0.5, 0.6) is 5.75 Å². The second-order valence-corrected chi connectivity index (χ2v) is 8.83. The molecule has 0 saturated carbocycles. The first kappa shape index (κ1) is 24.9. The van der Waals surface area contributed by atoms with Gasteiger partial charge in [-0.25, -0.2) is 9.00 Å². The zero-order valence-electron chi connectivity index (χ0n) is 15.4. The molecular formula is C14H17N3O11S2. The number of ether oxygens (including phenoxy) is 2. The predicted octanol–water partition coefficient (Wildman–Crippen LogP) is 0.533. The van der Waals surface area contributed by atoms with Gasteiger partial charge < -0.3 is 24.9 Å². The lowest BCUT2D eigenvalue weighted by Gasteiger charge is -2.14. The highest BCUT2D eigenvalue weighted by Gasteiger charge is 2.23. The minimum absolute atomic E-state index is 0.0672. The number of rotatable bonds is 13. The Morgan fingerprint density at radius 2 is 1.97 bits per heavy atom. The van der Waals surface area contributed by atoms with Crippen molar-refractivity contribution in [3.05, 3.63) is 44.0 Å². The lowest BCUT2D eigenvalue weighted by atomic mass is 10.2. The number of carbonyl (C=O) groups excluding carboxylic acids is 2. The molecule has 166 valence electrons. The van der Waals surface area contributed by atoms with Gasteiger partial charge in [-0.3, -0.25) is 4.79 Å². The number of hydrogen-bond acceptors (Lipinski definition) is 13. The molecule has 2 atom stereocenters. The maximum Gasteiger partial charge on any atom is 0.342 e. The molecule has 0 aliphatic rings. The SMILES string of the molecule is CS(=O)SCCOC(=O)c1cc(N)ccc1OC(=O)CC(CO[N+](=O)[O-])O[N+](=O)[O-]. The van der Waals surface area contributed by atoms with Crippen LogP contribution in [0.15, 0.2) is 18.2 Å². The molecule has 16 heteroatoms. The Hall–Kier alpha value is -3.14. The second kappa shape index (κ2) is 12.4. The van der Waals surface area contributed by atoms with Gasteiger partial charge in [0.1, 0.15) is 30.6 Å². The Morgan fingerprint density at radius 3 is 2.57 bits per heavy atom. The minimum atomic E-state index is -1.62. The quantitative estimate of drug-likeness (QED) is 0.0801. The zero-order valence-corrected chi connectivity index (χ0v) is 17.0. The Labute approximate surface area is 175 Å². The van der Waals surface area contributed by atoms with Crippen molar-refractivity contribution in [2.75, 3.05) is 31.0 Å². The van der Waals surface area contributed by atoms with Crippen molar-refractivity contribution in [2.24, 2.45) is 0 Å². The Balaban J connectivity index is 2.81. The number of nitrogens with zero attached hydrogens (tertiary/aromatic N) is 2. The largest absolute Gasteiger partial charge is 0.461 e. The Kier molecular flexibility index (Phi) is 10.3. The summed E-state index contributed by atoms with van der Waals surface area (Å²) in [5.74, 6) is -1.95. The molecule has 1 rings (SSSR count). The van der Waals surface area contributed by atoms with Gasteiger partial charge in [0, 0.05) is 17.7 Å². The molecule has 2 unspecified atom stereocenters. The molecular weight excluding hydrogens is 450 g/mol. The van der Waals surface area contributed by atoms with Gasteiger partial charge in [0.05, 0.1) is 16.3 Å². The molecule has 0 aliphatic heterocycles. The molecule has 14 nitrogen and oxygen atoms in total. The highest BCUT2D eigenvalue weighted by Crippen LogP contribution is 2.23. The minimum Gasteiger partial charge on any atom is -0.461 e. The van der Waals surface area contributed by atoms with Crippen LogP contribution in [0.3, 0.4) is 0 Å². The standard InChI is InChI=1S/C14H17N3O11S2/c1-30(24)29-5-4-25-14(19)11-6-9(15)2-3-12(11)27-13(18)7-10(28-17(22)23)8-26-16(20)21/h2-3,6,10H,4-5,7-8,15H2,1H3. The molecule has 1 aromatic rings. The molecule has 0 radical (unpaired) electrons. The van der Waals surface area contributed by atoms with Crippen LogP contribution in [-0.4, -0.2) is 57.6 Å². The summed E-state index contributed by atoms with van der Waals surface area (Å²) in [6, 6.07) is 3.73. The molecule has 30 heavy (non-hydrogen) atoms. The number of anilines is 1. The maximum absolute atomic E-state index is 12.2.